The molecular formula is C21H31ClN4O3. The predicted octanol–water partition coefficient (Wildman–Crippen LogP) is 3.40. The number of aromatic nitrogens is 2. The Kier molecular flexibility index (Phi) is 8.34. The SMILES string of the molecule is CCOc1ccc(C(NC(=O)c2n[nH]c3c2CNCC3)C(C)C)cc1OCC.Cl. The van der Waals surface area contributed by atoms with E-state index in [1.807, 2.05) is 32.0 Å². The van der Waals surface area contributed by atoms with Gasteiger partial charge in [-0.25, -0.2) is 0 Å². The van der Waals surface area contributed by atoms with Gasteiger partial charge in [-0.2, -0.15) is 5.10 Å². The molecule has 1 aliphatic rings. The van der Waals surface area contributed by atoms with Crippen molar-refractivity contribution in [3.63, 3.8) is 0 Å². The van der Waals surface area contributed by atoms with Gasteiger partial charge >= 0.3 is 0 Å². The molecule has 0 saturated heterocycles. The number of hydrogen-bond donors (Lipinski definition) is 3. The van der Waals surface area contributed by atoms with Crippen LogP contribution in [0.4, 0.5) is 0 Å². The van der Waals surface area contributed by atoms with Gasteiger partial charge in [-0.15, -0.1) is 12.4 Å². The van der Waals surface area contributed by atoms with E-state index in [0.717, 1.165) is 35.5 Å². The normalized spacial score (nSPS) is 14.0. The first-order chi connectivity index (χ1) is 13.5. The molecule has 8 heteroatoms. The van der Waals surface area contributed by atoms with Crippen molar-refractivity contribution >= 4 is 18.3 Å². The van der Waals surface area contributed by atoms with E-state index >= 15 is 0 Å². The highest BCUT2D eigenvalue weighted by atomic mass is 35.5. The molecule has 2 aromatic rings. The van der Waals surface area contributed by atoms with Gasteiger partial charge in [-0.1, -0.05) is 19.9 Å². The Morgan fingerprint density at radius 2 is 1.93 bits per heavy atom. The van der Waals surface area contributed by atoms with Crippen LogP contribution in [0.2, 0.25) is 0 Å². The zero-order chi connectivity index (χ0) is 20.1. The Labute approximate surface area is 178 Å². The molecule has 1 amide bonds. The molecule has 7 nitrogen and oxygen atoms in total. The molecular weight excluding hydrogens is 392 g/mol. The number of carbonyl (C=O) groups is 1. The molecule has 0 saturated carbocycles. The monoisotopic (exact) mass is 422 g/mol. The first kappa shape index (κ1) is 23.0. The van der Waals surface area contributed by atoms with Crippen molar-refractivity contribution in [2.24, 2.45) is 5.92 Å². The molecule has 1 aromatic heterocycles. The van der Waals surface area contributed by atoms with Crippen molar-refractivity contribution in [1.82, 2.24) is 20.8 Å². The van der Waals surface area contributed by atoms with Gasteiger partial charge in [-0.05, 0) is 37.5 Å². The van der Waals surface area contributed by atoms with E-state index < -0.39 is 0 Å². The summed E-state index contributed by atoms with van der Waals surface area (Å²) in [6, 6.07) is 5.69. The Balaban J connectivity index is 0.00000300. The quantitative estimate of drug-likeness (QED) is 0.606. The average molecular weight is 423 g/mol. The fourth-order valence-electron chi connectivity index (χ4n) is 3.52. The Morgan fingerprint density at radius 3 is 2.62 bits per heavy atom. The number of carbonyl (C=O) groups excluding carboxylic acids is 1. The molecule has 1 atom stereocenters. The van der Waals surface area contributed by atoms with E-state index in [2.05, 4.69) is 34.7 Å². The summed E-state index contributed by atoms with van der Waals surface area (Å²) in [5, 5.41) is 13.7. The minimum Gasteiger partial charge on any atom is -0.490 e. The molecule has 0 bridgehead atoms. The van der Waals surface area contributed by atoms with Gasteiger partial charge in [0.05, 0.1) is 19.3 Å². The number of fused-ring (bicyclic) bond motifs is 1. The van der Waals surface area contributed by atoms with Crippen molar-refractivity contribution in [3.05, 3.63) is 40.7 Å². The van der Waals surface area contributed by atoms with Crippen molar-refractivity contribution in [2.45, 2.75) is 46.7 Å². The molecule has 0 aliphatic carbocycles. The van der Waals surface area contributed by atoms with Crippen molar-refractivity contribution < 1.29 is 14.3 Å². The number of hydrogen-bond acceptors (Lipinski definition) is 5. The summed E-state index contributed by atoms with van der Waals surface area (Å²) in [6.45, 7) is 10.7. The Hall–Kier alpha value is -2.25. The Bertz CT molecular complexity index is 822. The number of benzene rings is 1. The van der Waals surface area contributed by atoms with Crippen LogP contribution in [0.25, 0.3) is 0 Å². The first-order valence-electron chi connectivity index (χ1n) is 10.0. The summed E-state index contributed by atoms with van der Waals surface area (Å²) in [5.41, 5.74) is 3.47. The smallest absolute Gasteiger partial charge is 0.272 e. The predicted molar refractivity (Wildman–Crippen MR) is 115 cm³/mol. The van der Waals surface area contributed by atoms with Crippen molar-refractivity contribution in [1.29, 1.82) is 0 Å². The van der Waals surface area contributed by atoms with Crippen LogP contribution in [0, 0.1) is 5.92 Å². The highest BCUT2D eigenvalue weighted by Gasteiger charge is 2.26. The number of nitrogens with one attached hydrogen (secondary N) is 3. The lowest BCUT2D eigenvalue weighted by atomic mass is 9.95. The second-order valence-corrected chi connectivity index (χ2v) is 7.22. The summed E-state index contributed by atoms with van der Waals surface area (Å²) in [7, 11) is 0. The molecule has 0 radical (unpaired) electrons. The van der Waals surface area contributed by atoms with Gasteiger partial charge in [0.1, 0.15) is 0 Å². The second-order valence-electron chi connectivity index (χ2n) is 7.22. The summed E-state index contributed by atoms with van der Waals surface area (Å²) >= 11 is 0. The summed E-state index contributed by atoms with van der Waals surface area (Å²) < 4.78 is 11.4. The van der Waals surface area contributed by atoms with Crippen LogP contribution >= 0.6 is 12.4 Å². The molecule has 1 aromatic carbocycles. The largest absolute Gasteiger partial charge is 0.490 e. The van der Waals surface area contributed by atoms with Crippen LogP contribution in [0.1, 0.15) is 61.0 Å². The third kappa shape index (κ3) is 5.22. The van der Waals surface area contributed by atoms with Gasteiger partial charge < -0.3 is 20.1 Å². The minimum atomic E-state index is -0.161. The number of amides is 1. The van der Waals surface area contributed by atoms with Gasteiger partial charge in [0.2, 0.25) is 0 Å². The zero-order valence-electron chi connectivity index (χ0n) is 17.5. The highest BCUT2D eigenvalue weighted by Crippen LogP contribution is 2.33. The number of halogens is 1. The van der Waals surface area contributed by atoms with Gasteiger partial charge in [-0.3, -0.25) is 9.89 Å². The van der Waals surface area contributed by atoms with Gasteiger partial charge in [0.25, 0.3) is 5.91 Å². The second kappa shape index (κ2) is 10.5. The molecule has 0 fully saturated rings. The summed E-state index contributed by atoms with van der Waals surface area (Å²) in [6.07, 6.45) is 0.861. The van der Waals surface area contributed by atoms with Crippen molar-refractivity contribution in [2.75, 3.05) is 19.8 Å². The van der Waals surface area contributed by atoms with Crippen LogP contribution in [0.3, 0.4) is 0 Å². The van der Waals surface area contributed by atoms with Crippen LogP contribution in [0.15, 0.2) is 18.2 Å². The van der Waals surface area contributed by atoms with Crippen LogP contribution < -0.4 is 20.1 Å². The van der Waals surface area contributed by atoms with Crippen LogP contribution in [-0.4, -0.2) is 35.9 Å². The fourth-order valence-corrected chi connectivity index (χ4v) is 3.52. The number of nitrogens with zero attached hydrogens (tertiary/aromatic N) is 1. The van der Waals surface area contributed by atoms with E-state index in [-0.39, 0.29) is 30.3 Å². The topological polar surface area (TPSA) is 88.3 Å². The maximum atomic E-state index is 13.0. The standard InChI is InChI=1S/C21H30N4O3.ClH/c1-5-27-17-8-7-14(11-18(17)28-6-2)19(13(3)4)23-21(26)20-15-12-22-10-9-16(15)24-25-20;/h7-8,11,13,19,22H,5-6,9-10,12H2,1-4H3,(H,23,26)(H,24,25);1H. The van der Waals surface area contributed by atoms with E-state index in [4.69, 9.17) is 9.47 Å². The number of H-pyrrole nitrogens is 1. The summed E-state index contributed by atoms with van der Waals surface area (Å²) in [5.74, 6) is 1.45. The lowest BCUT2D eigenvalue weighted by Crippen LogP contribution is -2.33. The zero-order valence-corrected chi connectivity index (χ0v) is 18.3. The van der Waals surface area contributed by atoms with E-state index in [1.165, 1.54) is 0 Å². The molecule has 1 unspecified atom stereocenters. The maximum absolute atomic E-state index is 13.0. The molecule has 3 rings (SSSR count). The van der Waals surface area contributed by atoms with E-state index in [0.29, 0.717) is 31.2 Å². The van der Waals surface area contributed by atoms with Gasteiger partial charge in [0.15, 0.2) is 17.2 Å². The van der Waals surface area contributed by atoms with Crippen molar-refractivity contribution in [3.8, 4) is 11.5 Å². The molecule has 160 valence electrons. The third-order valence-corrected chi connectivity index (χ3v) is 4.90. The fraction of sp³-hybridized carbons (Fsp3) is 0.524. The molecule has 1 aliphatic heterocycles. The molecule has 3 N–H and O–H groups in total. The third-order valence-electron chi connectivity index (χ3n) is 4.90. The Morgan fingerprint density at radius 1 is 1.21 bits per heavy atom. The lowest BCUT2D eigenvalue weighted by Gasteiger charge is -2.24. The van der Waals surface area contributed by atoms with E-state index in [1.54, 1.807) is 0 Å². The number of ether oxygens (including phenoxy) is 2. The number of aromatic amines is 1. The maximum Gasteiger partial charge on any atom is 0.272 e. The molecule has 0 spiro atoms. The minimum absolute atomic E-state index is 0. The lowest BCUT2D eigenvalue weighted by molar-refractivity contribution is 0.0919. The first-order valence-corrected chi connectivity index (χ1v) is 10.0. The highest BCUT2D eigenvalue weighted by molar-refractivity contribution is 5.94. The van der Waals surface area contributed by atoms with Crippen LogP contribution in [-0.2, 0) is 13.0 Å². The molecule has 2 heterocycles. The van der Waals surface area contributed by atoms with E-state index in [9.17, 15) is 4.79 Å². The number of rotatable bonds is 8. The average Bonchev–Trinajstić information content (AvgIpc) is 3.12. The summed E-state index contributed by atoms with van der Waals surface area (Å²) in [4.78, 5) is 13.0. The van der Waals surface area contributed by atoms with Crippen LogP contribution in [0.5, 0.6) is 11.5 Å². The van der Waals surface area contributed by atoms with Gasteiger partial charge in [0, 0.05) is 30.8 Å². The molecule has 29 heavy (non-hydrogen) atoms.